The molecule has 1 saturated heterocycles. The zero-order valence-corrected chi connectivity index (χ0v) is 21.4. The summed E-state index contributed by atoms with van der Waals surface area (Å²) in [5.74, 6) is 0.633. The molecule has 0 radical (unpaired) electrons. The van der Waals surface area contributed by atoms with Gasteiger partial charge in [0, 0.05) is 39.8 Å². The summed E-state index contributed by atoms with van der Waals surface area (Å²) in [5.41, 5.74) is 1.29. The molecule has 1 aliphatic heterocycles. The molecular weight excluding hydrogens is 452 g/mol. The zero-order chi connectivity index (χ0) is 25.0. The Morgan fingerprint density at radius 3 is 2.51 bits per heavy atom. The number of hydrogen-bond acceptors (Lipinski definition) is 9. The number of rotatable bonds is 16. The largest absolute Gasteiger partial charge is 0.379 e. The number of carbonyl (C=O) groups excluding carboxylic acids is 1. The SMILES string of the molecule is CCCOCC1OC(n2cnc3c(NCCCC(=O)NC)ncnc32)C(OCCC)C1OCCC. The van der Waals surface area contributed by atoms with Crippen molar-refractivity contribution in [3.63, 3.8) is 0 Å². The van der Waals surface area contributed by atoms with Crippen LogP contribution in [-0.2, 0) is 23.7 Å². The highest BCUT2D eigenvalue weighted by atomic mass is 16.6. The Bertz CT molecular complexity index is 910. The molecule has 0 spiro atoms. The Morgan fingerprint density at radius 2 is 1.80 bits per heavy atom. The quantitative estimate of drug-likeness (QED) is 0.341. The van der Waals surface area contributed by atoms with Crippen LogP contribution in [0.2, 0.25) is 0 Å². The summed E-state index contributed by atoms with van der Waals surface area (Å²) in [5, 5.41) is 5.90. The monoisotopic (exact) mass is 492 g/mol. The number of ether oxygens (including phenoxy) is 4. The lowest BCUT2D eigenvalue weighted by molar-refractivity contribution is -0.120. The van der Waals surface area contributed by atoms with Crippen LogP contribution in [0.3, 0.4) is 0 Å². The maximum atomic E-state index is 11.5. The van der Waals surface area contributed by atoms with Crippen molar-refractivity contribution in [2.45, 2.75) is 77.4 Å². The van der Waals surface area contributed by atoms with E-state index in [0.717, 1.165) is 19.3 Å². The molecule has 0 saturated carbocycles. The third kappa shape index (κ3) is 7.09. The first-order valence-electron chi connectivity index (χ1n) is 12.7. The van der Waals surface area contributed by atoms with Gasteiger partial charge in [-0.25, -0.2) is 15.0 Å². The molecule has 3 heterocycles. The summed E-state index contributed by atoms with van der Waals surface area (Å²) in [6.07, 6.45) is 5.77. The normalized spacial score (nSPS) is 22.1. The van der Waals surface area contributed by atoms with E-state index in [4.69, 9.17) is 18.9 Å². The van der Waals surface area contributed by atoms with Crippen LogP contribution in [0.1, 0.15) is 59.1 Å². The summed E-state index contributed by atoms with van der Waals surface area (Å²) in [6, 6.07) is 0. The van der Waals surface area contributed by atoms with Crippen molar-refractivity contribution in [3.8, 4) is 0 Å². The Morgan fingerprint density at radius 1 is 1.06 bits per heavy atom. The van der Waals surface area contributed by atoms with Gasteiger partial charge in [-0.15, -0.1) is 0 Å². The van der Waals surface area contributed by atoms with Gasteiger partial charge in [-0.3, -0.25) is 9.36 Å². The molecule has 196 valence electrons. The number of carbonyl (C=O) groups is 1. The molecule has 2 N–H and O–H groups in total. The van der Waals surface area contributed by atoms with E-state index in [1.54, 1.807) is 13.4 Å². The summed E-state index contributed by atoms with van der Waals surface area (Å²) < 4.78 is 26.7. The summed E-state index contributed by atoms with van der Waals surface area (Å²) in [4.78, 5) is 24.9. The molecule has 4 unspecified atom stereocenters. The van der Waals surface area contributed by atoms with Gasteiger partial charge < -0.3 is 29.6 Å². The van der Waals surface area contributed by atoms with E-state index < -0.39 is 6.23 Å². The molecule has 0 aromatic carbocycles. The van der Waals surface area contributed by atoms with E-state index >= 15 is 0 Å². The first kappa shape index (κ1) is 27.3. The lowest BCUT2D eigenvalue weighted by Crippen LogP contribution is -2.39. The van der Waals surface area contributed by atoms with Crippen LogP contribution in [-0.4, -0.2) is 83.8 Å². The average Bonchev–Trinajstić information content (AvgIpc) is 3.45. The molecule has 11 nitrogen and oxygen atoms in total. The molecule has 0 aliphatic carbocycles. The molecule has 3 rings (SSSR count). The van der Waals surface area contributed by atoms with Crippen molar-refractivity contribution in [1.29, 1.82) is 0 Å². The van der Waals surface area contributed by atoms with Crippen LogP contribution in [0.15, 0.2) is 12.7 Å². The van der Waals surface area contributed by atoms with Crippen LogP contribution < -0.4 is 10.6 Å². The van der Waals surface area contributed by atoms with Crippen LogP contribution in [0.4, 0.5) is 5.82 Å². The highest BCUT2D eigenvalue weighted by Gasteiger charge is 2.47. The fourth-order valence-corrected chi connectivity index (χ4v) is 4.05. The molecule has 35 heavy (non-hydrogen) atoms. The minimum Gasteiger partial charge on any atom is -0.379 e. The molecule has 1 fully saturated rings. The molecule has 2 aromatic rings. The number of imidazole rings is 1. The molecule has 1 amide bonds. The van der Waals surface area contributed by atoms with Gasteiger partial charge in [0.2, 0.25) is 5.91 Å². The smallest absolute Gasteiger partial charge is 0.219 e. The van der Waals surface area contributed by atoms with E-state index in [-0.39, 0.29) is 24.2 Å². The van der Waals surface area contributed by atoms with Crippen LogP contribution in [0, 0.1) is 0 Å². The molecule has 2 aromatic heterocycles. The van der Waals surface area contributed by atoms with Gasteiger partial charge in [-0.05, 0) is 25.7 Å². The third-order valence-electron chi connectivity index (χ3n) is 5.73. The number of hydrogen-bond donors (Lipinski definition) is 2. The van der Waals surface area contributed by atoms with Crippen molar-refractivity contribution in [2.75, 3.05) is 45.3 Å². The van der Waals surface area contributed by atoms with Crippen LogP contribution in [0.5, 0.6) is 0 Å². The van der Waals surface area contributed by atoms with E-state index in [0.29, 0.717) is 62.8 Å². The fraction of sp³-hybridized carbons (Fsp3) is 0.750. The topological polar surface area (TPSA) is 122 Å². The second kappa shape index (κ2) is 14.3. The average molecular weight is 493 g/mol. The van der Waals surface area contributed by atoms with Crippen molar-refractivity contribution in [3.05, 3.63) is 12.7 Å². The molecule has 4 atom stereocenters. The number of amides is 1. The van der Waals surface area contributed by atoms with Gasteiger partial charge in [-0.2, -0.15) is 0 Å². The van der Waals surface area contributed by atoms with E-state index in [9.17, 15) is 4.79 Å². The van der Waals surface area contributed by atoms with Gasteiger partial charge in [0.15, 0.2) is 23.2 Å². The van der Waals surface area contributed by atoms with Crippen molar-refractivity contribution >= 4 is 22.9 Å². The van der Waals surface area contributed by atoms with Crippen molar-refractivity contribution in [1.82, 2.24) is 24.8 Å². The number of fused-ring (bicyclic) bond motifs is 1. The van der Waals surface area contributed by atoms with E-state index in [1.165, 1.54) is 6.33 Å². The van der Waals surface area contributed by atoms with E-state index in [2.05, 4.69) is 46.4 Å². The van der Waals surface area contributed by atoms with Gasteiger partial charge in [-0.1, -0.05) is 20.8 Å². The Balaban J connectivity index is 1.82. The Hall–Kier alpha value is -2.34. The van der Waals surface area contributed by atoms with Gasteiger partial charge in [0.05, 0.1) is 12.9 Å². The number of nitrogens with zero attached hydrogens (tertiary/aromatic N) is 4. The Kier molecular flexibility index (Phi) is 11.1. The third-order valence-corrected chi connectivity index (χ3v) is 5.73. The summed E-state index contributed by atoms with van der Waals surface area (Å²) in [7, 11) is 1.64. The highest BCUT2D eigenvalue weighted by molar-refractivity contribution is 5.82. The zero-order valence-electron chi connectivity index (χ0n) is 21.4. The summed E-state index contributed by atoms with van der Waals surface area (Å²) in [6.45, 7) is 9.16. The van der Waals surface area contributed by atoms with Gasteiger partial charge >= 0.3 is 0 Å². The lowest BCUT2D eigenvalue weighted by Gasteiger charge is -2.25. The first-order chi connectivity index (χ1) is 17.1. The van der Waals surface area contributed by atoms with Gasteiger partial charge in [0.1, 0.15) is 24.6 Å². The highest BCUT2D eigenvalue weighted by Crippen LogP contribution is 2.36. The standard InChI is InChI=1S/C24H40N6O5/c1-5-11-32-14-17-20(33-12-6-2)21(34-13-7-3)24(35-17)30-16-29-19-22(27-15-28-23(19)30)26-10-8-9-18(31)25-4/h15-17,20-21,24H,5-14H2,1-4H3,(H,25,31)(H,26,27,28). The van der Waals surface area contributed by atoms with Crippen molar-refractivity contribution in [2.24, 2.45) is 0 Å². The molecule has 0 bridgehead atoms. The summed E-state index contributed by atoms with van der Waals surface area (Å²) >= 11 is 0. The molecule has 1 aliphatic rings. The van der Waals surface area contributed by atoms with E-state index in [1.807, 2.05) is 4.57 Å². The van der Waals surface area contributed by atoms with Crippen molar-refractivity contribution < 1.29 is 23.7 Å². The van der Waals surface area contributed by atoms with Gasteiger partial charge in [0.25, 0.3) is 0 Å². The van der Waals surface area contributed by atoms with Crippen LogP contribution >= 0.6 is 0 Å². The lowest BCUT2D eigenvalue weighted by atomic mass is 10.1. The minimum atomic E-state index is -0.459. The molecular formula is C24H40N6O5. The number of anilines is 1. The Labute approximate surface area is 207 Å². The predicted octanol–water partition coefficient (Wildman–Crippen LogP) is 2.68. The number of aromatic nitrogens is 4. The fourth-order valence-electron chi connectivity index (χ4n) is 4.05. The molecule has 11 heteroatoms. The maximum absolute atomic E-state index is 11.5. The second-order valence-electron chi connectivity index (χ2n) is 8.56. The number of nitrogens with one attached hydrogen (secondary N) is 2. The van der Waals surface area contributed by atoms with Crippen LogP contribution in [0.25, 0.3) is 11.2 Å². The predicted molar refractivity (Wildman–Crippen MR) is 132 cm³/mol. The minimum absolute atomic E-state index is 0.0118. The maximum Gasteiger partial charge on any atom is 0.219 e. The first-order valence-corrected chi connectivity index (χ1v) is 12.7. The second-order valence-corrected chi connectivity index (χ2v) is 8.56.